The Bertz CT molecular complexity index is 1230. The number of Topliss-reactive ketones (excluding diaryl/α,β-unsaturated/α-hetero) is 2. The number of fused-ring (bicyclic) bond motifs is 1. The molecule has 1 aliphatic carbocycles. The van der Waals surface area contributed by atoms with Gasteiger partial charge in [0.15, 0.2) is 11.6 Å². The lowest BCUT2D eigenvalue weighted by molar-refractivity contribution is -0.117. The summed E-state index contributed by atoms with van der Waals surface area (Å²) in [6, 6.07) is 5.32. The Labute approximate surface area is 172 Å². The Hall–Kier alpha value is -2.80. The van der Waals surface area contributed by atoms with Gasteiger partial charge < -0.3 is 0 Å². The minimum absolute atomic E-state index is 0.0397. The largest absolute Gasteiger partial charge is 0.308 e. The standard InChI is InChI=1S/C22H23N3O3S/c1-5-24-19-13(2)14(7-8-17(19)29-21(24)28)20(27)18-15(25-10-6-9-23-25)11-22(3,4)12-16(18)26/h6-10H,5,11-12H2,1-4H3. The molecule has 6 nitrogen and oxygen atoms in total. The maximum absolute atomic E-state index is 13.6. The van der Waals surface area contributed by atoms with E-state index in [4.69, 9.17) is 0 Å². The number of nitrogens with zero attached hydrogens (tertiary/aromatic N) is 3. The molecule has 150 valence electrons. The highest BCUT2D eigenvalue weighted by molar-refractivity contribution is 7.16. The van der Waals surface area contributed by atoms with Gasteiger partial charge in [-0.2, -0.15) is 5.10 Å². The monoisotopic (exact) mass is 409 g/mol. The van der Waals surface area contributed by atoms with Crippen molar-refractivity contribution < 1.29 is 9.59 Å². The van der Waals surface area contributed by atoms with Crippen molar-refractivity contribution in [3.63, 3.8) is 0 Å². The van der Waals surface area contributed by atoms with Crippen molar-refractivity contribution in [1.29, 1.82) is 0 Å². The molecule has 29 heavy (non-hydrogen) atoms. The van der Waals surface area contributed by atoms with Crippen molar-refractivity contribution in [2.75, 3.05) is 0 Å². The van der Waals surface area contributed by atoms with Gasteiger partial charge in [-0.1, -0.05) is 25.2 Å². The summed E-state index contributed by atoms with van der Waals surface area (Å²) in [5, 5.41) is 4.28. The summed E-state index contributed by atoms with van der Waals surface area (Å²) in [5.74, 6) is -0.453. The molecule has 2 aromatic heterocycles. The zero-order chi connectivity index (χ0) is 20.9. The van der Waals surface area contributed by atoms with Crippen LogP contribution in [0, 0.1) is 12.3 Å². The lowest BCUT2D eigenvalue weighted by Gasteiger charge is -2.31. The van der Waals surface area contributed by atoms with Gasteiger partial charge >= 0.3 is 4.87 Å². The fourth-order valence-electron chi connectivity index (χ4n) is 4.17. The molecule has 3 aromatic rings. The highest BCUT2D eigenvalue weighted by Gasteiger charge is 2.37. The maximum Gasteiger partial charge on any atom is 0.308 e. The smallest absolute Gasteiger partial charge is 0.299 e. The molecule has 0 spiro atoms. The van der Waals surface area contributed by atoms with Gasteiger partial charge in [-0.25, -0.2) is 4.68 Å². The Kier molecular flexibility index (Phi) is 4.65. The molecule has 1 aliphatic rings. The predicted octanol–water partition coefficient (Wildman–Crippen LogP) is 4.07. The number of carbonyl (C=O) groups is 2. The van der Waals surface area contributed by atoms with Crippen LogP contribution in [0.2, 0.25) is 0 Å². The molecule has 4 rings (SSSR count). The van der Waals surface area contributed by atoms with Crippen LogP contribution in [0.5, 0.6) is 0 Å². The molecular weight excluding hydrogens is 386 g/mol. The third-order valence-corrected chi connectivity index (χ3v) is 6.45. The first kappa shape index (κ1) is 19.5. The number of hydrogen-bond donors (Lipinski definition) is 0. The summed E-state index contributed by atoms with van der Waals surface area (Å²) < 4.78 is 4.16. The van der Waals surface area contributed by atoms with Crippen LogP contribution < -0.4 is 4.87 Å². The molecule has 2 heterocycles. The Morgan fingerprint density at radius 3 is 2.66 bits per heavy atom. The molecule has 0 aliphatic heterocycles. The molecular formula is C22H23N3O3S. The number of benzene rings is 1. The highest BCUT2D eigenvalue weighted by atomic mass is 32.1. The van der Waals surface area contributed by atoms with Crippen LogP contribution in [0.1, 0.15) is 49.5 Å². The van der Waals surface area contributed by atoms with E-state index in [1.807, 2.05) is 27.7 Å². The average Bonchev–Trinajstić information content (AvgIpc) is 3.27. The summed E-state index contributed by atoms with van der Waals surface area (Å²) >= 11 is 1.18. The Balaban J connectivity index is 1.93. The molecule has 1 aromatic carbocycles. The summed E-state index contributed by atoms with van der Waals surface area (Å²) in [7, 11) is 0. The van der Waals surface area contributed by atoms with Gasteiger partial charge in [0.1, 0.15) is 0 Å². The molecule has 0 amide bonds. The predicted molar refractivity (Wildman–Crippen MR) is 114 cm³/mol. The van der Waals surface area contributed by atoms with E-state index in [0.717, 1.165) is 15.8 Å². The fraction of sp³-hybridized carbons (Fsp3) is 0.364. The van der Waals surface area contributed by atoms with Crippen LogP contribution in [0.25, 0.3) is 15.9 Å². The molecule has 0 radical (unpaired) electrons. The second kappa shape index (κ2) is 6.91. The van der Waals surface area contributed by atoms with Gasteiger partial charge in [-0.3, -0.25) is 19.0 Å². The van der Waals surface area contributed by atoms with Crippen LogP contribution >= 0.6 is 11.3 Å². The van der Waals surface area contributed by atoms with Crippen LogP contribution in [-0.2, 0) is 11.3 Å². The van der Waals surface area contributed by atoms with E-state index in [9.17, 15) is 14.4 Å². The van der Waals surface area contributed by atoms with Crippen molar-refractivity contribution in [2.24, 2.45) is 5.41 Å². The SMILES string of the molecule is CCn1c(=O)sc2ccc(C(=O)C3=C(n4cccn4)CC(C)(C)CC3=O)c(C)c21. The molecule has 0 fully saturated rings. The number of aromatic nitrogens is 3. The van der Waals surface area contributed by atoms with Crippen LogP contribution in [0.3, 0.4) is 0 Å². The number of carbonyl (C=O) groups excluding carboxylic acids is 2. The minimum Gasteiger partial charge on any atom is -0.299 e. The zero-order valence-corrected chi connectivity index (χ0v) is 17.8. The molecule has 0 unspecified atom stereocenters. The summed E-state index contributed by atoms with van der Waals surface area (Å²) in [4.78, 5) is 38.9. The topological polar surface area (TPSA) is 74.0 Å². The molecule has 0 N–H and O–H groups in total. The van der Waals surface area contributed by atoms with E-state index in [0.29, 0.717) is 30.6 Å². The van der Waals surface area contributed by atoms with E-state index < -0.39 is 0 Å². The van der Waals surface area contributed by atoms with Gasteiger partial charge in [0.05, 0.1) is 21.5 Å². The fourth-order valence-corrected chi connectivity index (χ4v) is 5.19. The first-order valence-corrected chi connectivity index (χ1v) is 10.5. The van der Waals surface area contributed by atoms with Crippen molar-refractivity contribution in [3.05, 3.63) is 57.0 Å². The normalized spacial score (nSPS) is 16.6. The zero-order valence-electron chi connectivity index (χ0n) is 17.0. The number of allylic oxidation sites excluding steroid dienone is 2. The van der Waals surface area contributed by atoms with Gasteiger partial charge in [0, 0.05) is 30.9 Å². The molecule has 0 bridgehead atoms. The van der Waals surface area contributed by atoms with Crippen LogP contribution in [0.15, 0.2) is 41.0 Å². The average molecular weight is 410 g/mol. The van der Waals surface area contributed by atoms with Gasteiger partial charge in [0.2, 0.25) is 0 Å². The number of aryl methyl sites for hydroxylation is 2. The third kappa shape index (κ3) is 3.19. The van der Waals surface area contributed by atoms with Gasteiger partial charge in [-0.15, -0.1) is 0 Å². The number of ketones is 2. The van der Waals surface area contributed by atoms with Gasteiger partial charge in [0.25, 0.3) is 0 Å². The second-order valence-corrected chi connectivity index (χ2v) is 9.23. The lowest BCUT2D eigenvalue weighted by Crippen LogP contribution is -2.31. The van der Waals surface area contributed by atoms with Crippen molar-refractivity contribution >= 4 is 38.8 Å². The number of rotatable bonds is 4. The van der Waals surface area contributed by atoms with E-state index in [1.165, 1.54) is 11.3 Å². The molecule has 0 saturated heterocycles. The van der Waals surface area contributed by atoms with Crippen LogP contribution in [-0.4, -0.2) is 25.9 Å². The highest BCUT2D eigenvalue weighted by Crippen LogP contribution is 2.40. The van der Waals surface area contributed by atoms with E-state index in [1.54, 1.807) is 39.8 Å². The number of thiazole rings is 1. The first-order valence-electron chi connectivity index (χ1n) is 9.67. The summed E-state index contributed by atoms with van der Waals surface area (Å²) in [6.07, 6.45) is 4.31. The van der Waals surface area contributed by atoms with Gasteiger partial charge in [-0.05, 0) is 49.4 Å². The third-order valence-electron chi connectivity index (χ3n) is 5.50. The van der Waals surface area contributed by atoms with Crippen LogP contribution in [0.4, 0.5) is 0 Å². The van der Waals surface area contributed by atoms with E-state index >= 15 is 0 Å². The summed E-state index contributed by atoms with van der Waals surface area (Å²) in [6.45, 7) is 8.34. The van der Waals surface area contributed by atoms with E-state index in [-0.39, 0.29) is 27.4 Å². The maximum atomic E-state index is 13.6. The molecule has 7 heteroatoms. The molecule has 0 atom stereocenters. The van der Waals surface area contributed by atoms with E-state index in [2.05, 4.69) is 5.10 Å². The van der Waals surface area contributed by atoms with Crippen molar-refractivity contribution in [2.45, 2.75) is 47.1 Å². The number of hydrogen-bond acceptors (Lipinski definition) is 5. The second-order valence-electron chi connectivity index (χ2n) is 8.24. The summed E-state index contributed by atoms with van der Waals surface area (Å²) in [5.41, 5.74) is 2.58. The quantitative estimate of drug-likeness (QED) is 0.481. The van der Waals surface area contributed by atoms with Crippen molar-refractivity contribution in [3.8, 4) is 0 Å². The lowest BCUT2D eigenvalue weighted by atomic mass is 9.74. The molecule has 0 saturated carbocycles. The van der Waals surface area contributed by atoms with Crippen molar-refractivity contribution in [1.82, 2.24) is 14.3 Å². The first-order chi connectivity index (χ1) is 13.7. The Morgan fingerprint density at radius 2 is 2.00 bits per heavy atom. The minimum atomic E-state index is -0.295. The Morgan fingerprint density at radius 1 is 1.24 bits per heavy atom.